The van der Waals surface area contributed by atoms with Crippen molar-refractivity contribution in [2.24, 2.45) is 0 Å². The van der Waals surface area contributed by atoms with Crippen molar-refractivity contribution in [2.45, 2.75) is 5.16 Å². The van der Waals surface area contributed by atoms with Crippen LogP contribution >= 0.6 is 11.8 Å². The van der Waals surface area contributed by atoms with Crippen LogP contribution in [0.4, 0.5) is 0 Å². The number of hydrogen-bond donors (Lipinski definition) is 0. The van der Waals surface area contributed by atoms with Crippen molar-refractivity contribution in [3.8, 4) is 34.2 Å². The summed E-state index contributed by atoms with van der Waals surface area (Å²) in [5.74, 6) is 1.63. The van der Waals surface area contributed by atoms with Crippen molar-refractivity contribution >= 4 is 11.8 Å². The van der Waals surface area contributed by atoms with Gasteiger partial charge in [0.15, 0.2) is 0 Å². The van der Waals surface area contributed by atoms with Gasteiger partial charge in [-0.2, -0.15) is 0 Å². The van der Waals surface area contributed by atoms with Crippen LogP contribution in [0.3, 0.4) is 0 Å². The van der Waals surface area contributed by atoms with Gasteiger partial charge in [0.25, 0.3) is 0 Å². The fourth-order valence-electron chi connectivity index (χ4n) is 2.64. The van der Waals surface area contributed by atoms with Crippen LogP contribution in [-0.2, 0) is 0 Å². The summed E-state index contributed by atoms with van der Waals surface area (Å²) in [5, 5.41) is 32.8. The van der Waals surface area contributed by atoms with Gasteiger partial charge in [0, 0.05) is 16.7 Å². The minimum atomic E-state index is 0.537. The maximum Gasteiger partial charge on any atom is 0.229 e. The monoisotopic (exact) mass is 438 g/mol. The average molecular weight is 439 g/mol. The Morgan fingerprint density at radius 1 is 0.406 bits per heavy atom. The molecule has 0 bridgehead atoms. The second kappa shape index (κ2) is 10.8. The van der Waals surface area contributed by atoms with Crippen LogP contribution in [-0.4, -0.2) is 47.0 Å². The highest BCUT2D eigenvalue weighted by Crippen LogP contribution is 2.15. The Morgan fingerprint density at radius 3 is 0.969 bits per heavy atom. The molecule has 0 unspecified atom stereocenters. The minimum Gasteiger partial charge on any atom is -0.126 e. The molecule has 0 spiro atoms. The van der Waals surface area contributed by atoms with Crippen LogP contribution in [0.25, 0.3) is 34.2 Å². The first-order valence-electron chi connectivity index (χ1n) is 9.68. The van der Waals surface area contributed by atoms with Crippen LogP contribution in [0.15, 0.2) is 96.2 Å². The Morgan fingerprint density at radius 2 is 0.688 bits per heavy atom. The molecule has 0 aliphatic rings. The van der Waals surface area contributed by atoms with Gasteiger partial charge >= 0.3 is 0 Å². The molecule has 5 rings (SSSR count). The summed E-state index contributed by atoms with van der Waals surface area (Å²) in [6.07, 6.45) is 1.89. The Kier molecular flexibility index (Phi) is 7.12. The van der Waals surface area contributed by atoms with Crippen molar-refractivity contribution in [3.05, 3.63) is 91.0 Å². The molecular formula is C23H18N8S. The van der Waals surface area contributed by atoms with Crippen molar-refractivity contribution in [1.82, 2.24) is 40.8 Å². The quantitative estimate of drug-likeness (QED) is 0.381. The highest BCUT2D eigenvalue weighted by atomic mass is 32.2. The van der Waals surface area contributed by atoms with E-state index >= 15 is 0 Å². The van der Waals surface area contributed by atoms with Gasteiger partial charge in [-0.3, -0.25) is 0 Å². The van der Waals surface area contributed by atoms with Crippen molar-refractivity contribution < 1.29 is 0 Å². The fourth-order valence-corrected chi connectivity index (χ4v) is 2.88. The second-order valence-electron chi connectivity index (χ2n) is 6.36. The summed E-state index contributed by atoms with van der Waals surface area (Å²) in [7, 11) is 0. The van der Waals surface area contributed by atoms with Crippen LogP contribution in [0, 0.1) is 0 Å². The van der Waals surface area contributed by atoms with Gasteiger partial charge in [-0.1, -0.05) is 103 Å². The third kappa shape index (κ3) is 5.52. The molecule has 0 radical (unpaired) electrons. The van der Waals surface area contributed by atoms with E-state index in [1.165, 1.54) is 11.8 Å². The molecule has 0 amide bonds. The number of hydrogen-bond acceptors (Lipinski definition) is 9. The van der Waals surface area contributed by atoms with Gasteiger partial charge in [-0.15, -0.1) is 40.8 Å². The van der Waals surface area contributed by atoms with Crippen LogP contribution in [0.1, 0.15) is 0 Å². The largest absolute Gasteiger partial charge is 0.229 e. The normalized spacial score (nSPS) is 10.2. The van der Waals surface area contributed by atoms with Gasteiger partial charge < -0.3 is 0 Å². The first-order valence-corrected chi connectivity index (χ1v) is 10.9. The molecule has 3 aromatic carbocycles. The van der Waals surface area contributed by atoms with Crippen LogP contribution in [0.2, 0.25) is 0 Å². The molecule has 0 atom stereocenters. The van der Waals surface area contributed by atoms with E-state index in [1.54, 1.807) is 0 Å². The van der Waals surface area contributed by atoms with Crippen molar-refractivity contribution in [1.29, 1.82) is 0 Å². The molecular weight excluding hydrogens is 420 g/mol. The molecule has 0 aliphatic carbocycles. The summed E-state index contributed by atoms with van der Waals surface area (Å²) in [4.78, 5) is 0. The number of thioether (sulfide) groups is 1. The van der Waals surface area contributed by atoms with E-state index in [1.807, 2.05) is 97.3 Å². The molecule has 2 heterocycles. The smallest absolute Gasteiger partial charge is 0.126 e. The van der Waals surface area contributed by atoms with Crippen LogP contribution in [0.5, 0.6) is 0 Å². The topological polar surface area (TPSA) is 103 Å². The summed E-state index contributed by atoms with van der Waals surface area (Å²) >= 11 is 1.43. The van der Waals surface area contributed by atoms with E-state index in [0.29, 0.717) is 22.6 Å². The molecule has 2 aromatic heterocycles. The predicted octanol–water partition coefficient (Wildman–Crippen LogP) is 4.26. The summed E-state index contributed by atoms with van der Waals surface area (Å²) < 4.78 is 0. The van der Waals surface area contributed by atoms with E-state index in [2.05, 4.69) is 40.8 Å². The fraction of sp³-hybridized carbons (Fsp3) is 0.0435. The molecule has 156 valence electrons. The van der Waals surface area contributed by atoms with E-state index in [9.17, 15) is 0 Å². The predicted molar refractivity (Wildman–Crippen MR) is 123 cm³/mol. The third-order valence-electron chi connectivity index (χ3n) is 4.22. The molecule has 0 saturated heterocycles. The average Bonchev–Trinajstić information content (AvgIpc) is 2.91. The van der Waals surface area contributed by atoms with Crippen LogP contribution < -0.4 is 0 Å². The van der Waals surface area contributed by atoms with Gasteiger partial charge in [-0.25, -0.2) is 0 Å². The zero-order chi connectivity index (χ0) is 22.0. The maximum atomic E-state index is 4.10. The Balaban J connectivity index is 0.000000158. The highest BCUT2D eigenvalue weighted by Gasteiger charge is 2.05. The van der Waals surface area contributed by atoms with Gasteiger partial charge in [-0.05, 0) is 6.26 Å². The zero-order valence-electron chi connectivity index (χ0n) is 17.1. The lowest BCUT2D eigenvalue weighted by atomic mass is 10.2. The Bertz CT molecular complexity index is 1160. The molecule has 0 N–H and O–H groups in total. The SMILES string of the molecule is CSc1nnc(-c2ccccc2)nn1.c1ccc(-c2nnc(-c3ccccc3)nn2)cc1. The van der Waals surface area contributed by atoms with Crippen molar-refractivity contribution in [3.63, 3.8) is 0 Å². The number of benzene rings is 3. The molecule has 32 heavy (non-hydrogen) atoms. The number of nitrogens with zero attached hydrogens (tertiary/aromatic N) is 8. The minimum absolute atomic E-state index is 0.537. The van der Waals surface area contributed by atoms with Gasteiger partial charge in [0.2, 0.25) is 22.6 Å². The highest BCUT2D eigenvalue weighted by molar-refractivity contribution is 7.98. The molecule has 0 fully saturated rings. The summed E-state index contributed by atoms with van der Waals surface area (Å²) in [5.41, 5.74) is 2.76. The molecule has 0 aliphatic heterocycles. The van der Waals surface area contributed by atoms with E-state index < -0.39 is 0 Å². The van der Waals surface area contributed by atoms with Crippen molar-refractivity contribution in [2.75, 3.05) is 6.26 Å². The number of rotatable bonds is 4. The Labute approximate surface area is 189 Å². The lowest BCUT2D eigenvalue weighted by Crippen LogP contribution is -1.98. The third-order valence-corrected chi connectivity index (χ3v) is 4.75. The van der Waals surface area contributed by atoms with Gasteiger partial charge in [0.1, 0.15) is 0 Å². The molecule has 8 nitrogen and oxygen atoms in total. The zero-order valence-corrected chi connectivity index (χ0v) is 18.0. The number of aromatic nitrogens is 8. The van der Waals surface area contributed by atoms with E-state index in [4.69, 9.17) is 0 Å². The maximum absolute atomic E-state index is 4.10. The first kappa shape index (κ1) is 21.1. The van der Waals surface area contributed by atoms with Gasteiger partial charge in [0.05, 0.1) is 0 Å². The standard InChI is InChI=1S/C14H10N4.C9H8N4S/c1-3-7-11(8-4-1)13-15-17-14(18-16-13)12-9-5-2-6-10-12;1-14-9-12-10-8(11-13-9)7-5-3-2-4-6-7/h1-10H;2-6H,1H3. The summed E-state index contributed by atoms with van der Waals surface area (Å²) in [6, 6.07) is 29.0. The lowest BCUT2D eigenvalue weighted by molar-refractivity contribution is 0.755. The van der Waals surface area contributed by atoms with E-state index in [0.717, 1.165) is 16.7 Å². The first-order chi connectivity index (χ1) is 15.8. The summed E-state index contributed by atoms with van der Waals surface area (Å²) in [6.45, 7) is 0. The second-order valence-corrected chi connectivity index (χ2v) is 7.13. The molecule has 0 saturated carbocycles. The Hall–Kier alpha value is -4.11. The molecule has 5 aromatic rings. The van der Waals surface area contributed by atoms with E-state index in [-0.39, 0.29) is 0 Å². The lowest BCUT2D eigenvalue weighted by Gasteiger charge is -1.99. The molecule has 9 heteroatoms.